The van der Waals surface area contributed by atoms with Crippen LogP contribution in [0, 0.1) is 11.8 Å². The minimum atomic E-state index is -0.412. The number of halogens is 1. The number of carbonyl (C=O) groups is 1. The Hall–Kier alpha value is -2.32. The van der Waals surface area contributed by atoms with E-state index in [9.17, 15) is 4.79 Å². The van der Waals surface area contributed by atoms with Crippen LogP contribution in [0.4, 0.5) is 5.69 Å². The number of aromatic nitrogens is 1. The molecule has 0 atom stereocenters. The van der Waals surface area contributed by atoms with Crippen LogP contribution < -0.4 is 10.1 Å². The molecule has 0 spiro atoms. The minimum absolute atomic E-state index is 0.412. The SMILES string of the molecule is COc1ccc(Br)cc1NC(=O)C#Cc1cccnc1. The van der Waals surface area contributed by atoms with E-state index in [1.54, 1.807) is 43.8 Å². The molecular weight excluding hydrogens is 320 g/mol. The van der Waals surface area contributed by atoms with Crippen molar-refractivity contribution in [3.05, 3.63) is 52.8 Å². The standard InChI is InChI=1S/C15H11BrN2O2/c1-20-14-6-5-12(16)9-13(14)18-15(19)7-4-11-3-2-8-17-10-11/h2-3,5-6,8-10H,1H3,(H,18,19). The summed E-state index contributed by atoms with van der Waals surface area (Å²) in [5.74, 6) is 5.41. The van der Waals surface area contributed by atoms with E-state index in [0.29, 0.717) is 17.0 Å². The smallest absolute Gasteiger partial charge is 0.300 e. The Morgan fingerprint density at radius 2 is 2.25 bits per heavy atom. The fourth-order valence-corrected chi connectivity index (χ4v) is 1.86. The lowest BCUT2D eigenvalue weighted by molar-refractivity contribution is -0.111. The zero-order valence-electron chi connectivity index (χ0n) is 10.7. The van der Waals surface area contributed by atoms with Crippen LogP contribution in [0.1, 0.15) is 5.56 Å². The molecule has 1 N–H and O–H groups in total. The third-order valence-electron chi connectivity index (χ3n) is 2.39. The van der Waals surface area contributed by atoms with Crippen LogP contribution >= 0.6 is 15.9 Å². The highest BCUT2D eigenvalue weighted by Crippen LogP contribution is 2.27. The van der Waals surface area contributed by atoms with Crippen molar-refractivity contribution in [1.82, 2.24) is 4.98 Å². The molecule has 0 radical (unpaired) electrons. The second kappa shape index (κ2) is 6.73. The number of benzene rings is 1. The number of carbonyl (C=O) groups excluding carboxylic acids is 1. The second-order valence-corrected chi connectivity index (χ2v) is 4.71. The number of pyridine rings is 1. The predicted octanol–water partition coefficient (Wildman–Crippen LogP) is 2.84. The van der Waals surface area contributed by atoms with E-state index in [2.05, 4.69) is 38.1 Å². The molecule has 2 rings (SSSR count). The van der Waals surface area contributed by atoms with E-state index in [1.807, 2.05) is 6.07 Å². The van der Waals surface area contributed by atoms with Gasteiger partial charge in [0.05, 0.1) is 12.8 Å². The summed E-state index contributed by atoms with van der Waals surface area (Å²) in [5, 5.41) is 2.68. The molecule has 0 saturated carbocycles. The summed E-state index contributed by atoms with van der Waals surface area (Å²) in [7, 11) is 1.54. The summed E-state index contributed by atoms with van der Waals surface area (Å²) in [4.78, 5) is 15.7. The number of anilines is 1. The zero-order valence-corrected chi connectivity index (χ0v) is 12.3. The van der Waals surface area contributed by atoms with Crippen LogP contribution in [0.25, 0.3) is 0 Å². The van der Waals surface area contributed by atoms with Crippen LogP contribution in [-0.4, -0.2) is 18.0 Å². The average Bonchev–Trinajstić information content (AvgIpc) is 2.46. The lowest BCUT2D eigenvalue weighted by atomic mass is 10.2. The molecule has 2 aromatic rings. The van der Waals surface area contributed by atoms with Gasteiger partial charge in [-0.3, -0.25) is 9.78 Å². The highest BCUT2D eigenvalue weighted by molar-refractivity contribution is 9.10. The summed E-state index contributed by atoms with van der Waals surface area (Å²) < 4.78 is 6.01. The Kier molecular flexibility index (Phi) is 4.75. The highest BCUT2D eigenvalue weighted by atomic mass is 79.9. The van der Waals surface area contributed by atoms with Crippen molar-refractivity contribution in [3.8, 4) is 17.6 Å². The van der Waals surface area contributed by atoms with E-state index in [-0.39, 0.29) is 0 Å². The van der Waals surface area contributed by atoms with Crippen molar-refractivity contribution < 1.29 is 9.53 Å². The monoisotopic (exact) mass is 330 g/mol. The van der Waals surface area contributed by atoms with E-state index in [1.165, 1.54) is 0 Å². The van der Waals surface area contributed by atoms with Crippen molar-refractivity contribution in [2.45, 2.75) is 0 Å². The average molecular weight is 331 g/mol. The topological polar surface area (TPSA) is 51.2 Å². The van der Waals surface area contributed by atoms with Gasteiger partial charge in [-0.1, -0.05) is 21.9 Å². The number of ether oxygens (including phenoxy) is 1. The molecule has 100 valence electrons. The quantitative estimate of drug-likeness (QED) is 0.861. The van der Waals surface area contributed by atoms with Crippen molar-refractivity contribution >= 4 is 27.5 Å². The first kappa shape index (κ1) is 14.1. The van der Waals surface area contributed by atoms with E-state index in [0.717, 1.165) is 4.47 Å². The van der Waals surface area contributed by atoms with Crippen molar-refractivity contribution in [3.63, 3.8) is 0 Å². The fraction of sp³-hybridized carbons (Fsp3) is 0.0667. The molecule has 0 aliphatic heterocycles. The van der Waals surface area contributed by atoms with Crippen LogP contribution in [0.5, 0.6) is 5.75 Å². The number of hydrogen-bond acceptors (Lipinski definition) is 3. The second-order valence-electron chi connectivity index (χ2n) is 3.79. The fourth-order valence-electron chi connectivity index (χ4n) is 1.50. The van der Waals surface area contributed by atoms with Gasteiger partial charge in [0.25, 0.3) is 0 Å². The van der Waals surface area contributed by atoms with Crippen LogP contribution in [0.15, 0.2) is 47.2 Å². The number of nitrogens with one attached hydrogen (secondary N) is 1. The van der Waals surface area contributed by atoms with Crippen LogP contribution in [0.2, 0.25) is 0 Å². The first-order valence-corrected chi connectivity index (χ1v) is 6.55. The molecule has 1 aromatic heterocycles. The molecule has 0 unspecified atom stereocenters. The Morgan fingerprint density at radius 1 is 1.40 bits per heavy atom. The molecule has 0 saturated heterocycles. The van der Waals surface area contributed by atoms with E-state index >= 15 is 0 Å². The lowest BCUT2D eigenvalue weighted by Crippen LogP contribution is -2.09. The zero-order chi connectivity index (χ0) is 14.4. The molecule has 20 heavy (non-hydrogen) atoms. The number of amides is 1. The van der Waals surface area contributed by atoms with Gasteiger partial charge in [-0.25, -0.2) is 0 Å². The molecule has 5 heteroatoms. The largest absolute Gasteiger partial charge is 0.495 e. The first-order valence-electron chi connectivity index (χ1n) is 5.75. The Bertz CT molecular complexity index is 675. The van der Waals surface area contributed by atoms with Gasteiger partial charge in [0.1, 0.15) is 5.75 Å². The summed E-state index contributed by atoms with van der Waals surface area (Å²) in [6.45, 7) is 0. The molecule has 4 nitrogen and oxygen atoms in total. The van der Waals surface area contributed by atoms with Gasteiger partial charge in [0.2, 0.25) is 0 Å². The van der Waals surface area contributed by atoms with Crippen molar-refractivity contribution in [2.75, 3.05) is 12.4 Å². The van der Waals surface area contributed by atoms with Crippen molar-refractivity contribution in [2.24, 2.45) is 0 Å². The number of methoxy groups -OCH3 is 1. The maximum Gasteiger partial charge on any atom is 0.300 e. The number of rotatable bonds is 2. The Labute approximate surface area is 125 Å². The number of nitrogens with zero attached hydrogens (tertiary/aromatic N) is 1. The van der Waals surface area contributed by atoms with Gasteiger partial charge in [-0.05, 0) is 30.3 Å². The minimum Gasteiger partial charge on any atom is -0.495 e. The predicted molar refractivity (Wildman–Crippen MR) is 80.4 cm³/mol. The molecule has 1 aromatic carbocycles. The van der Waals surface area contributed by atoms with Gasteiger partial charge in [0.15, 0.2) is 0 Å². The molecule has 0 aliphatic carbocycles. The van der Waals surface area contributed by atoms with Gasteiger partial charge in [-0.2, -0.15) is 0 Å². The van der Waals surface area contributed by atoms with Crippen molar-refractivity contribution in [1.29, 1.82) is 0 Å². The molecule has 1 heterocycles. The van der Waals surface area contributed by atoms with Crippen LogP contribution in [0.3, 0.4) is 0 Å². The van der Waals surface area contributed by atoms with Crippen LogP contribution in [-0.2, 0) is 4.79 Å². The third kappa shape index (κ3) is 3.84. The van der Waals surface area contributed by atoms with Gasteiger partial charge in [-0.15, -0.1) is 0 Å². The molecular formula is C15H11BrN2O2. The summed E-state index contributed by atoms with van der Waals surface area (Å²) in [6.07, 6.45) is 3.25. The van der Waals surface area contributed by atoms with Gasteiger partial charge < -0.3 is 10.1 Å². The molecule has 0 aliphatic rings. The third-order valence-corrected chi connectivity index (χ3v) is 2.88. The maximum atomic E-state index is 11.8. The summed E-state index contributed by atoms with van der Waals surface area (Å²) >= 11 is 3.34. The van der Waals surface area contributed by atoms with Gasteiger partial charge >= 0.3 is 5.91 Å². The van der Waals surface area contributed by atoms with E-state index in [4.69, 9.17) is 4.74 Å². The maximum absolute atomic E-state index is 11.8. The number of hydrogen-bond donors (Lipinski definition) is 1. The molecule has 0 fully saturated rings. The Morgan fingerprint density at radius 3 is 2.95 bits per heavy atom. The summed E-state index contributed by atoms with van der Waals surface area (Å²) in [6, 6.07) is 8.89. The molecule has 1 amide bonds. The van der Waals surface area contributed by atoms with E-state index < -0.39 is 5.91 Å². The summed E-state index contributed by atoms with van der Waals surface area (Å²) in [5.41, 5.74) is 1.25. The first-order chi connectivity index (χ1) is 9.69. The Balaban J connectivity index is 2.13. The lowest BCUT2D eigenvalue weighted by Gasteiger charge is -2.08. The molecule has 0 bridgehead atoms. The normalized spacial score (nSPS) is 9.30. The highest BCUT2D eigenvalue weighted by Gasteiger charge is 2.06. The van der Waals surface area contributed by atoms with Gasteiger partial charge in [0, 0.05) is 28.4 Å².